The zero-order valence-corrected chi connectivity index (χ0v) is 10.1. The standard InChI is InChI=1S/C13H13ClN2O/c1-9(10-4-6-11(17)7-5-10)16-12-3-2-8-15-13(12)14/h2-9,16-17H,1H3. The first-order valence-corrected chi connectivity index (χ1v) is 5.70. The molecule has 0 bridgehead atoms. The molecular formula is C13H13ClN2O. The third-order valence-electron chi connectivity index (χ3n) is 2.52. The molecule has 0 aliphatic heterocycles. The van der Waals surface area contributed by atoms with E-state index in [1.165, 1.54) is 0 Å². The van der Waals surface area contributed by atoms with Gasteiger partial charge in [-0.15, -0.1) is 0 Å². The SMILES string of the molecule is CC(Nc1cccnc1Cl)c1ccc(O)cc1. The lowest BCUT2D eigenvalue weighted by Crippen LogP contribution is -2.07. The summed E-state index contributed by atoms with van der Waals surface area (Å²) >= 11 is 5.97. The lowest BCUT2D eigenvalue weighted by atomic mass is 10.1. The van der Waals surface area contributed by atoms with Crippen molar-refractivity contribution in [3.8, 4) is 5.75 Å². The molecule has 1 aromatic carbocycles. The van der Waals surface area contributed by atoms with Gasteiger partial charge in [0.2, 0.25) is 0 Å². The Kier molecular flexibility index (Phi) is 3.49. The van der Waals surface area contributed by atoms with Gasteiger partial charge in [-0.2, -0.15) is 0 Å². The van der Waals surface area contributed by atoms with Gasteiger partial charge < -0.3 is 10.4 Å². The third kappa shape index (κ3) is 2.88. The topological polar surface area (TPSA) is 45.2 Å². The van der Waals surface area contributed by atoms with Gasteiger partial charge in [0, 0.05) is 12.2 Å². The largest absolute Gasteiger partial charge is 0.508 e. The number of nitrogens with one attached hydrogen (secondary N) is 1. The smallest absolute Gasteiger partial charge is 0.152 e. The van der Waals surface area contributed by atoms with Gasteiger partial charge >= 0.3 is 0 Å². The Labute approximate surface area is 105 Å². The van der Waals surface area contributed by atoms with Crippen molar-refractivity contribution in [3.05, 3.63) is 53.3 Å². The maximum atomic E-state index is 9.22. The van der Waals surface area contributed by atoms with Crippen LogP contribution >= 0.6 is 11.6 Å². The minimum atomic E-state index is 0.0947. The molecule has 0 saturated heterocycles. The molecular weight excluding hydrogens is 236 g/mol. The quantitative estimate of drug-likeness (QED) is 0.816. The molecule has 3 nitrogen and oxygen atoms in total. The molecule has 2 aromatic rings. The van der Waals surface area contributed by atoms with Crippen molar-refractivity contribution in [2.24, 2.45) is 0 Å². The molecule has 88 valence electrons. The van der Waals surface area contributed by atoms with Crippen LogP contribution in [0.1, 0.15) is 18.5 Å². The van der Waals surface area contributed by atoms with E-state index in [0.29, 0.717) is 5.15 Å². The monoisotopic (exact) mass is 248 g/mol. The first-order valence-electron chi connectivity index (χ1n) is 5.33. The van der Waals surface area contributed by atoms with Crippen LogP contribution in [0.5, 0.6) is 5.75 Å². The number of hydrogen-bond acceptors (Lipinski definition) is 3. The van der Waals surface area contributed by atoms with Crippen LogP contribution in [0, 0.1) is 0 Å². The van der Waals surface area contributed by atoms with Gasteiger partial charge in [-0.05, 0) is 36.8 Å². The van der Waals surface area contributed by atoms with E-state index in [2.05, 4.69) is 10.3 Å². The maximum absolute atomic E-state index is 9.22. The minimum absolute atomic E-state index is 0.0947. The number of nitrogens with zero attached hydrogens (tertiary/aromatic N) is 1. The highest BCUT2D eigenvalue weighted by Gasteiger charge is 2.07. The number of halogens is 1. The fraction of sp³-hybridized carbons (Fsp3) is 0.154. The van der Waals surface area contributed by atoms with E-state index in [0.717, 1.165) is 11.3 Å². The zero-order chi connectivity index (χ0) is 12.3. The Bertz CT molecular complexity index is 499. The van der Waals surface area contributed by atoms with Crippen LogP contribution in [-0.4, -0.2) is 10.1 Å². The van der Waals surface area contributed by atoms with E-state index in [-0.39, 0.29) is 11.8 Å². The molecule has 4 heteroatoms. The van der Waals surface area contributed by atoms with Crippen LogP contribution in [0.15, 0.2) is 42.6 Å². The normalized spacial score (nSPS) is 12.1. The Morgan fingerprint density at radius 3 is 2.59 bits per heavy atom. The molecule has 0 aliphatic carbocycles. The summed E-state index contributed by atoms with van der Waals surface area (Å²) in [5.74, 6) is 0.264. The maximum Gasteiger partial charge on any atom is 0.152 e. The summed E-state index contributed by atoms with van der Waals surface area (Å²) in [6.07, 6.45) is 1.65. The van der Waals surface area contributed by atoms with Crippen LogP contribution in [0.4, 0.5) is 5.69 Å². The summed E-state index contributed by atoms with van der Waals surface area (Å²) in [6, 6.07) is 10.9. The molecule has 0 radical (unpaired) electrons. The Hall–Kier alpha value is -1.74. The lowest BCUT2D eigenvalue weighted by Gasteiger charge is -2.16. The molecule has 1 heterocycles. The second kappa shape index (κ2) is 5.06. The average molecular weight is 249 g/mol. The van der Waals surface area contributed by atoms with Crippen LogP contribution in [-0.2, 0) is 0 Å². The predicted octanol–water partition coefficient (Wildman–Crippen LogP) is 3.61. The number of hydrogen-bond donors (Lipinski definition) is 2. The molecule has 0 saturated carbocycles. The predicted molar refractivity (Wildman–Crippen MR) is 69.4 cm³/mol. The highest BCUT2D eigenvalue weighted by atomic mass is 35.5. The fourth-order valence-electron chi connectivity index (χ4n) is 1.57. The number of anilines is 1. The van der Waals surface area contributed by atoms with E-state index < -0.39 is 0 Å². The Balaban J connectivity index is 2.14. The molecule has 1 unspecified atom stereocenters. The van der Waals surface area contributed by atoms with E-state index in [9.17, 15) is 5.11 Å². The van der Waals surface area contributed by atoms with Crippen molar-refractivity contribution in [2.75, 3.05) is 5.32 Å². The first kappa shape index (κ1) is 11.7. The summed E-state index contributed by atoms with van der Waals surface area (Å²) in [5, 5.41) is 12.9. The van der Waals surface area contributed by atoms with Crippen molar-refractivity contribution in [1.29, 1.82) is 0 Å². The van der Waals surface area contributed by atoms with Crippen LogP contribution in [0.2, 0.25) is 5.15 Å². The number of phenolic OH excluding ortho intramolecular Hbond substituents is 1. The van der Waals surface area contributed by atoms with Gasteiger partial charge in [0.25, 0.3) is 0 Å². The summed E-state index contributed by atoms with van der Waals surface area (Å²) in [7, 11) is 0. The van der Waals surface area contributed by atoms with Gasteiger partial charge in [0.05, 0.1) is 5.69 Å². The molecule has 0 amide bonds. The van der Waals surface area contributed by atoms with Crippen molar-refractivity contribution < 1.29 is 5.11 Å². The van der Waals surface area contributed by atoms with E-state index in [1.54, 1.807) is 18.3 Å². The summed E-state index contributed by atoms with van der Waals surface area (Å²) in [6.45, 7) is 2.02. The molecule has 0 fully saturated rings. The number of benzene rings is 1. The van der Waals surface area contributed by atoms with Crippen LogP contribution < -0.4 is 5.32 Å². The highest BCUT2D eigenvalue weighted by Crippen LogP contribution is 2.24. The van der Waals surface area contributed by atoms with Gasteiger partial charge in [-0.1, -0.05) is 23.7 Å². The second-order valence-electron chi connectivity index (χ2n) is 3.80. The summed E-state index contributed by atoms with van der Waals surface area (Å²) in [4.78, 5) is 4.00. The van der Waals surface area contributed by atoms with Gasteiger partial charge in [-0.3, -0.25) is 0 Å². The van der Waals surface area contributed by atoms with Crippen molar-refractivity contribution in [2.45, 2.75) is 13.0 Å². The zero-order valence-electron chi connectivity index (χ0n) is 9.39. The number of aromatic hydroxyl groups is 1. The molecule has 1 aromatic heterocycles. The Morgan fingerprint density at radius 1 is 1.24 bits per heavy atom. The molecule has 1 atom stereocenters. The molecule has 17 heavy (non-hydrogen) atoms. The van der Waals surface area contributed by atoms with E-state index >= 15 is 0 Å². The fourth-order valence-corrected chi connectivity index (χ4v) is 1.75. The van der Waals surface area contributed by atoms with E-state index in [1.807, 2.05) is 31.2 Å². The number of rotatable bonds is 3. The minimum Gasteiger partial charge on any atom is -0.508 e. The molecule has 2 N–H and O–H groups in total. The van der Waals surface area contributed by atoms with Crippen LogP contribution in [0.25, 0.3) is 0 Å². The van der Waals surface area contributed by atoms with Gasteiger partial charge in [0.1, 0.15) is 5.75 Å². The van der Waals surface area contributed by atoms with Crippen molar-refractivity contribution >= 4 is 17.3 Å². The average Bonchev–Trinajstić information content (AvgIpc) is 2.33. The van der Waals surface area contributed by atoms with E-state index in [4.69, 9.17) is 11.6 Å². The molecule has 0 aliphatic rings. The first-order chi connectivity index (χ1) is 8.16. The number of aromatic nitrogens is 1. The second-order valence-corrected chi connectivity index (χ2v) is 4.16. The van der Waals surface area contributed by atoms with Gasteiger partial charge in [0.15, 0.2) is 5.15 Å². The van der Waals surface area contributed by atoms with Gasteiger partial charge in [-0.25, -0.2) is 4.98 Å². The summed E-state index contributed by atoms with van der Waals surface area (Å²) in [5.41, 5.74) is 1.87. The highest BCUT2D eigenvalue weighted by molar-refractivity contribution is 6.31. The molecule has 0 spiro atoms. The number of phenols is 1. The summed E-state index contributed by atoms with van der Waals surface area (Å²) < 4.78 is 0. The number of pyridine rings is 1. The van der Waals surface area contributed by atoms with Crippen molar-refractivity contribution in [3.63, 3.8) is 0 Å². The lowest BCUT2D eigenvalue weighted by molar-refractivity contribution is 0.475. The Morgan fingerprint density at radius 2 is 1.94 bits per heavy atom. The van der Waals surface area contributed by atoms with Crippen LogP contribution in [0.3, 0.4) is 0 Å². The third-order valence-corrected chi connectivity index (χ3v) is 2.83. The molecule has 2 rings (SSSR count). The van der Waals surface area contributed by atoms with Crippen molar-refractivity contribution in [1.82, 2.24) is 4.98 Å².